The third-order valence-electron chi connectivity index (χ3n) is 2.70. The maximum absolute atomic E-state index is 5.45. The Morgan fingerprint density at radius 2 is 1.85 bits per heavy atom. The van der Waals surface area contributed by atoms with Crippen LogP contribution in [-0.2, 0) is 0 Å². The molecule has 1 heteroatoms. The third kappa shape index (κ3) is 4.75. The van der Waals surface area contributed by atoms with Crippen molar-refractivity contribution in [2.24, 2.45) is 11.8 Å². The zero-order chi connectivity index (χ0) is 10.3. The minimum Gasteiger partial charge on any atom is -0.0891 e. The molecule has 0 fully saturated rings. The molecule has 0 aliphatic heterocycles. The van der Waals surface area contributed by atoms with Gasteiger partial charge in [0.05, 0.1) is 0 Å². The number of thiocarbonyl (C=S) groups is 1. The van der Waals surface area contributed by atoms with E-state index in [1.807, 2.05) is 0 Å². The molecular weight excluding hydrogens is 176 g/mol. The van der Waals surface area contributed by atoms with Crippen LogP contribution in [0.25, 0.3) is 0 Å². The molecule has 0 aromatic heterocycles. The molecule has 2 atom stereocenters. The van der Waals surface area contributed by atoms with Crippen LogP contribution in [0.2, 0.25) is 0 Å². The number of hydrogen-bond acceptors (Lipinski definition) is 1. The quantitative estimate of drug-likeness (QED) is 0.546. The van der Waals surface area contributed by atoms with E-state index in [0.29, 0.717) is 11.8 Å². The van der Waals surface area contributed by atoms with Crippen LogP contribution in [0.3, 0.4) is 0 Å². The first kappa shape index (κ1) is 13.1. The summed E-state index contributed by atoms with van der Waals surface area (Å²) in [6.45, 7) is 10.7. The van der Waals surface area contributed by atoms with Crippen LogP contribution in [-0.4, -0.2) is 4.86 Å². The molecule has 0 aromatic carbocycles. The van der Waals surface area contributed by atoms with Crippen molar-refractivity contribution in [2.75, 3.05) is 0 Å². The van der Waals surface area contributed by atoms with E-state index in [4.69, 9.17) is 12.2 Å². The van der Waals surface area contributed by atoms with E-state index in [0.717, 1.165) is 6.42 Å². The van der Waals surface area contributed by atoms with Crippen LogP contribution < -0.4 is 0 Å². The van der Waals surface area contributed by atoms with Crippen LogP contribution in [0.1, 0.15) is 52.9 Å². The van der Waals surface area contributed by atoms with Crippen LogP contribution in [0.15, 0.2) is 0 Å². The maximum Gasteiger partial charge on any atom is -0.000990 e. The molecule has 0 bridgehead atoms. The van der Waals surface area contributed by atoms with Gasteiger partial charge in [-0.25, -0.2) is 0 Å². The van der Waals surface area contributed by atoms with Gasteiger partial charge in [-0.15, -0.1) is 0 Å². The van der Waals surface area contributed by atoms with Crippen LogP contribution in [0.4, 0.5) is 0 Å². The molecule has 0 heterocycles. The largest absolute Gasteiger partial charge is 0.0891 e. The van der Waals surface area contributed by atoms with E-state index in [1.54, 1.807) is 0 Å². The van der Waals surface area contributed by atoms with Crippen molar-refractivity contribution in [3.63, 3.8) is 0 Å². The fourth-order valence-corrected chi connectivity index (χ4v) is 1.98. The average Bonchev–Trinajstić information content (AvgIpc) is 2.17. The van der Waals surface area contributed by atoms with Crippen molar-refractivity contribution < 1.29 is 0 Å². The van der Waals surface area contributed by atoms with Crippen molar-refractivity contribution in [1.29, 1.82) is 0 Å². The molecule has 2 unspecified atom stereocenters. The van der Waals surface area contributed by atoms with E-state index in [-0.39, 0.29) is 0 Å². The highest BCUT2D eigenvalue weighted by Crippen LogP contribution is 2.20. The number of unbranched alkanes of at least 4 members (excludes halogenated alkanes) is 1. The summed E-state index contributed by atoms with van der Waals surface area (Å²) in [4.78, 5) is 1.21. The van der Waals surface area contributed by atoms with Crippen molar-refractivity contribution in [2.45, 2.75) is 52.9 Å². The third-order valence-corrected chi connectivity index (χ3v) is 3.36. The molecule has 13 heavy (non-hydrogen) atoms. The second kappa shape index (κ2) is 7.49. The Hall–Kier alpha value is 0.0900. The molecule has 77 valence electrons. The predicted octanol–water partition coefficient (Wildman–Crippen LogP) is 4.43. The smallest absolute Gasteiger partial charge is 0.000990 e. The minimum absolute atomic E-state index is 0.386. The van der Waals surface area contributed by atoms with Gasteiger partial charge in [0.1, 0.15) is 0 Å². The van der Waals surface area contributed by atoms with E-state index in [1.165, 1.54) is 30.5 Å². The lowest BCUT2D eigenvalue weighted by Crippen LogP contribution is -2.19. The van der Waals surface area contributed by atoms with Crippen LogP contribution in [0.5, 0.6) is 0 Å². The van der Waals surface area contributed by atoms with Crippen LogP contribution >= 0.6 is 12.2 Å². The highest BCUT2D eigenvalue weighted by atomic mass is 32.1. The Kier molecular flexibility index (Phi) is 7.54. The standard InChI is InChI=1S/C12H23S/c1-5-8-9-11(7-3)12(13)10(4)6-2/h10-11H,4-9H2,1-3H3. The summed E-state index contributed by atoms with van der Waals surface area (Å²) >= 11 is 5.45. The SMILES string of the molecule is [CH2]C(CC)C(=S)C(CC)CCCC. The van der Waals surface area contributed by atoms with Crippen molar-refractivity contribution in [1.82, 2.24) is 0 Å². The first-order chi connectivity index (χ1) is 6.17. The summed E-state index contributed by atoms with van der Waals surface area (Å²) in [5.74, 6) is 1.02. The molecule has 0 saturated carbocycles. The lowest BCUT2D eigenvalue weighted by Gasteiger charge is -2.20. The molecule has 0 saturated heterocycles. The molecular formula is C12H23S. The molecule has 0 aromatic rings. The highest BCUT2D eigenvalue weighted by Gasteiger charge is 2.16. The van der Waals surface area contributed by atoms with E-state index in [2.05, 4.69) is 27.7 Å². The molecule has 1 radical (unpaired) electrons. The monoisotopic (exact) mass is 199 g/mol. The van der Waals surface area contributed by atoms with Gasteiger partial charge in [-0.05, 0) is 42.9 Å². The van der Waals surface area contributed by atoms with Gasteiger partial charge >= 0.3 is 0 Å². The van der Waals surface area contributed by atoms with E-state index >= 15 is 0 Å². The topological polar surface area (TPSA) is 0 Å². The highest BCUT2D eigenvalue weighted by molar-refractivity contribution is 7.80. The number of hydrogen-bond donors (Lipinski definition) is 0. The van der Waals surface area contributed by atoms with Gasteiger partial charge in [-0.3, -0.25) is 0 Å². The predicted molar refractivity (Wildman–Crippen MR) is 65.0 cm³/mol. The Morgan fingerprint density at radius 3 is 2.23 bits per heavy atom. The molecule has 0 aliphatic carbocycles. The lowest BCUT2D eigenvalue weighted by molar-refractivity contribution is 0.554. The molecule has 0 rings (SSSR count). The fourth-order valence-electron chi connectivity index (χ4n) is 1.53. The first-order valence-electron chi connectivity index (χ1n) is 5.54. The summed E-state index contributed by atoms with van der Waals surface area (Å²) < 4.78 is 0. The maximum atomic E-state index is 5.45. The average molecular weight is 199 g/mol. The van der Waals surface area contributed by atoms with Gasteiger partial charge in [0.15, 0.2) is 0 Å². The summed E-state index contributed by atoms with van der Waals surface area (Å²) in [5.41, 5.74) is 0. The van der Waals surface area contributed by atoms with Crippen molar-refractivity contribution in [3.05, 3.63) is 6.92 Å². The van der Waals surface area contributed by atoms with Gasteiger partial charge in [0.25, 0.3) is 0 Å². The summed E-state index contributed by atoms with van der Waals surface area (Å²) in [6, 6.07) is 0. The molecule has 0 spiro atoms. The first-order valence-corrected chi connectivity index (χ1v) is 5.94. The Balaban J connectivity index is 3.98. The van der Waals surface area contributed by atoms with Crippen molar-refractivity contribution >= 4 is 17.1 Å². The van der Waals surface area contributed by atoms with Crippen molar-refractivity contribution in [3.8, 4) is 0 Å². The van der Waals surface area contributed by atoms with Gasteiger partial charge < -0.3 is 0 Å². The second-order valence-electron chi connectivity index (χ2n) is 3.75. The lowest BCUT2D eigenvalue weighted by atomic mass is 9.88. The molecule has 0 aliphatic rings. The summed E-state index contributed by atoms with van der Waals surface area (Å²) in [7, 11) is 0. The fraction of sp³-hybridized carbons (Fsp3) is 0.833. The van der Waals surface area contributed by atoms with Gasteiger partial charge in [-0.1, -0.05) is 45.8 Å². The van der Waals surface area contributed by atoms with E-state index in [9.17, 15) is 0 Å². The Labute approximate surface area is 89.1 Å². The van der Waals surface area contributed by atoms with Crippen LogP contribution in [0, 0.1) is 18.8 Å². The second-order valence-corrected chi connectivity index (χ2v) is 4.23. The zero-order valence-corrected chi connectivity index (χ0v) is 10.1. The Morgan fingerprint density at radius 1 is 1.23 bits per heavy atom. The van der Waals surface area contributed by atoms with E-state index < -0.39 is 0 Å². The minimum atomic E-state index is 0.386. The summed E-state index contributed by atoms with van der Waals surface area (Å²) in [6.07, 6.45) is 6.10. The Bertz CT molecular complexity index is 140. The van der Waals surface area contributed by atoms with Gasteiger partial charge in [0.2, 0.25) is 0 Å². The zero-order valence-electron chi connectivity index (χ0n) is 9.31. The molecule has 0 N–H and O–H groups in total. The number of rotatable bonds is 7. The van der Waals surface area contributed by atoms with Gasteiger partial charge in [0, 0.05) is 0 Å². The van der Waals surface area contributed by atoms with Gasteiger partial charge in [-0.2, -0.15) is 0 Å². The molecule has 0 amide bonds. The normalized spacial score (nSPS) is 15.4. The molecule has 0 nitrogen and oxygen atoms in total. The summed E-state index contributed by atoms with van der Waals surface area (Å²) in [5, 5.41) is 0.